The van der Waals surface area contributed by atoms with Gasteiger partial charge in [-0.15, -0.1) is 0 Å². The van der Waals surface area contributed by atoms with Gasteiger partial charge in [0.15, 0.2) is 0 Å². The highest BCUT2D eigenvalue weighted by Gasteiger charge is 2.00. The average Bonchev–Trinajstić information content (AvgIpc) is 2.46. The zero-order chi connectivity index (χ0) is 15.1. The molecule has 106 valence electrons. The summed E-state index contributed by atoms with van der Waals surface area (Å²) in [5.74, 6) is -0.374. The standard InChI is InChI=1S/C17H16N2O2/c1-13(20)18-15-8-5-9-16(12-15)19-17(21)11-10-14-6-3-2-4-7-14/h2-12H,1H3,(H,18,20)(H,19,21)/b11-10+. The molecule has 0 bridgehead atoms. The number of hydrogen-bond donors (Lipinski definition) is 2. The molecule has 0 atom stereocenters. The van der Waals surface area contributed by atoms with Crippen molar-refractivity contribution in [3.05, 3.63) is 66.2 Å². The normalized spacial score (nSPS) is 10.3. The lowest BCUT2D eigenvalue weighted by atomic mass is 10.2. The third-order valence-electron chi connectivity index (χ3n) is 2.68. The van der Waals surface area contributed by atoms with Gasteiger partial charge in [-0.1, -0.05) is 36.4 Å². The summed E-state index contributed by atoms with van der Waals surface area (Å²) in [4.78, 5) is 22.8. The van der Waals surface area contributed by atoms with E-state index in [0.717, 1.165) is 5.56 Å². The van der Waals surface area contributed by atoms with E-state index in [0.29, 0.717) is 11.4 Å². The molecule has 0 radical (unpaired) electrons. The number of anilines is 2. The van der Waals surface area contributed by atoms with E-state index in [9.17, 15) is 9.59 Å². The Morgan fingerprint density at radius 2 is 1.57 bits per heavy atom. The molecule has 0 aromatic heterocycles. The largest absolute Gasteiger partial charge is 0.326 e. The van der Waals surface area contributed by atoms with E-state index in [1.807, 2.05) is 30.3 Å². The van der Waals surface area contributed by atoms with Crippen molar-refractivity contribution in [2.75, 3.05) is 10.6 Å². The molecule has 2 N–H and O–H groups in total. The van der Waals surface area contributed by atoms with Crippen molar-refractivity contribution < 1.29 is 9.59 Å². The number of amides is 2. The van der Waals surface area contributed by atoms with Gasteiger partial charge in [0.25, 0.3) is 0 Å². The molecule has 0 aliphatic heterocycles. The van der Waals surface area contributed by atoms with Crippen LogP contribution in [0.4, 0.5) is 11.4 Å². The third-order valence-corrected chi connectivity index (χ3v) is 2.68. The van der Waals surface area contributed by atoms with E-state index < -0.39 is 0 Å². The molecule has 0 heterocycles. The van der Waals surface area contributed by atoms with Gasteiger partial charge in [0.1, 0.15) is 0 Å². The van der Waals surface area contributed by atoms with Crippen molar-refractivity contribution >= 4 is 29.3 Å². The Labute approximate surface area is 123 Å². The van der Waals surface area contributed by atoms with Crippen LogP contribution in [0.15, 0.2) is 60.7 Å². The second-order valence-electron chi connectivity index (χ2n) is 4.50. The summed E-state index contributed by atoms with van der Waals surface area (Å²) in [6, 6.07) is 16.6. The molecule has 0 aliphatic rings. The molecule has 21 heavy (non-hydrogen) atoms. The third kappa shape index (κ3) is 4.95. The first-order valence-electron chi connectivity index (χ1n) is 6.55. The van der Waals surface area contributed by atoms with E-state index in [2.05, 4.69) is 10.6 Å². The summed E-state index contributed by atoms with van der Waals surface area (Å²) in [5, 5.41) is 5.42. The smallest absolute Gasteiger partial charge is 0.248 e. The molecule has 4 nitrogen and oxygen atoms in total. The molecule has 0 saturated carbocycles. The number of rotatable bonds is 4. The minimum absolute atomic E-state index is 0.151. The van der Waals surface area contributed by atoms with Crippen LogP contribution in [0.3, 0.4) is 0 Å². The van der Waals surface area contributed by atoms with Crippen molar-refractivity contribution in [2.45, 2.75) is 6.92 Å². The molecule has 4 heteroatoms. The van der Waals surface area contributed by atoms with Crippen LogP contribution in [-0.4, -0.2) is 11.8 Å². The van der Waals surface area contributed by atoms with Gasteiger partial charge in [0.05, 0.1) is 0 Å². The summed E-state index contributed by atoms with van der Waals surface area (Å²) in [6.45, 7) is 1.44. The van der Waals surface area contributed by atoms with Crippen LogP contribution in [0.1, 0.15) is 12.5 Å². The van der Waals surface area contributed by atoms with Crippen LogP contribution < -0.4 is 10.6 Å². The Bertz CT molecular complexity index is 664. The van der Waals surface area contributed by atoms with Crippen LogP contribution >= 0.6 is 0 Å². The summed E-state index contributed by atoms with van der Waals surface area (Å²) in [7, 11) is 0. The summed E-state index contributed by atoms with van der Waals surface area (Å²) < 4.78 is 0. The van der Waals surface area contributed by atoms with Gasteiger partial charge in [-0.25, -0.2) is 0 Å². The molecule has 0 spiro atoms. The first-order valence-corrected chi connectivity index (χ1v) is 6.55. The predicted octanol–water partition coefficient (Wildman–Crippen LogP) is 3.30. The minimum Gasteiger partial charge on any atom is -0.326 e. The molecule has 0 fully saturated rings. The Kier molecular flexibility index (Phi) is 4.88. The maximum Gasteiger partial charge on any atom is 0.248 e. The van der Waals surface area contributed by atoms with E-state index >= 15 is 0 Å². The Balaban J connectivity index is 1.99. The van der Waals surface area contributed by atoms with Crippen LogP contribution in [0.2, 0.25) is 0 Å². The number of hydrogen-bond acceptors (Lipinski definition) is 2. The highest BCUT2D eigenvalue weighted by molar-refractivity contribution is 6.02. The van der Waals surface area contributed by atoms with Gasteiger partial charge in [0.2, 0.25) is 11.8 Å². The molecule has 2 amide bonds. The summed E-state index contributed by atoms with van der Waals surface area (Å²) >= 11 is 0. The predicted molar refractivity (Wildman–Crippen MR) is 84.9 cm³/mol. The number of carbonyl (C=O) groups excluding carboxylic acids is 2. The van der Waals surface area contributed by atoms with Crippen LogP contribution in [0.5, 0.6) is 0 Å². The number of nitrogens with one attached hydrogen (secondary N) is 2. The maximum absolute atomic E-state index is 11.8. The number of carbonyl (C=O) groups is 2. The van der Waals surface area contributed by atoms with Crippen molar-refractivity contribution in [2.24, 2.45) is 0 Å². The topological polar surface area (TPSA) is 58.2 Å². The average molecular weight is 280 g/mol. The van der Waals surface area contributed by atoms with Crippen LogP contribution in [0, 0.1) is 0 Å². The SMILES string of the molecule is CC(=O)Nc1cccc(NC(=O)/C=C/c2ccccc2)c1. The van der Waals surface area contributed by atoms with Crippen molar-refractivity contribution in [3.8, 4) is 0 Å². The van der Waals surface area contributed by atoms with E-state index in [4.69, 9.17) is 0 Å². The van der Waals surface area contributed by atoms with Gasteiger partial charge in [-0.05, 0) is 29.8 Å². The minimum atomic E-state index is -0.223. The molecule has 2 rings (SSSR count). The first kappa shape index (κ1) is 14.5. The van der Waals surface area contributed by atoms with E-state index in [1.54, 1.807) is 30.3 Å². The van der Waals surface area contributed by atoms with Crippen LogP contribution in [0.25, 0.3) is 6.08 Å². The molecule has 0 saturated heterocycles. The molecule has 0 aliphatic carbocycles. The fourth-order valence-corrected chi connectivity index (χ4v) is 1.80. The fraction of sp³-hybridized carbons (Fsp3) is 0.0588. The lowest BCUT2D eigenvalue weighted by Crippen LogP contribution is -2.09. The Hall–Kier alpha value is -2.88. The molecule has 2 aromatic rings. The highest BCUT2D eigenvalue weighted by atomic mass is 16.2. The molecule has 0 unspecified atom stereocenters. The van der Waals surface area contributed by atoms with Crippen LogP contribution in [-0.2, 0) is 9.59 Å². The Morgan fingerprint density at radius 1 is 0.905 bits per heavy atom. The maximum atomic E-state index is 11.8. The van der Waals surface area contributed by atoms with Gasteiger partial charge in [-0.2, -0.15) is 0 Å². The van der Waals surface area contributed by atoms with Gasteiger partial charge >= 0.3 is 0 Å². The fourth-order valence-electron chi connectivity index (χ4n) is 1.80. The summed E-state index contributed by atoms with van der Waals surface area (Å²) in [6.07, 6.45) is 3.22. The zero-order valence-electron chi connectivity index (χ0n) is 11.7. The molecule has 2 aromatic carbocycles. The van der Waals surface area contributed by atoms with Crippen molar-refractivity contribution in [1.29, 1.82) is 0 Å². The highest BCUT2D eigenvalue weighted by Crippen LogP contribution is 2.15. The second-order valence-corrected chi connectivity index (χ2v) is 4.50. The zero-order valence-corrected chi connectivity index (χ0v) is 11.7. The van der Waals surface area contributed by atoms with Crippen molar-refractivity contribution in [1.82, 2.24) is 0 Å². The van der Waals surface area contributed by atoms with E-state index in [1.165, 1.54) is 13.0 Å². The first-order chi connectivity index (χ1) is 10.1. The lowest BCUT2D eigenvalue weighted by Gasteiger charge is -2.06. The monoisotopic (exact) mass is 280 g/mol. The van der Waals surface area contributed by atoms with Gasteiger partial charge < -0.3 is 10.6 Å². The van der Waals surface area contributed by atoms with Crippen molar-refractivity contribution in [3.63, 3.8) is 0 Å². The quantitative estimate of drug-likeness (QED) is 0.844. The second kappa shape index (κ2) is 7.05. The summed E-state index contributed by atoms with van der Waals surface area (Å²) in [5.41, 5.74) is 2.23. The lowest BCUT2D eigenvalue weighted by molar-refractivity contribution is -0.114. The van der Waals surface area contributed by atoms with Gasteiger partial charge in [0, 0.05) is 24.4 Å². The Morgan fingerprint density at radius 3 is 2.24 bits per heavy atom. The van der Waals surface area contributed by atoms with E-state index in [-0.39, 0.29) is 11.8 Å². The van der Waals surface area contributed by atoms with Gasteiger partial charge in [-0.3, -0.25) is 9.59 Å². The molecular weight excluding hydrogens is 264 g/mol. The number of benzene rings is 2. The molecular formula is C17H16N2O2.